The van der Waals surface area contributed by atoms with Crippen LogP contribution in [-0.2, 0) is 11.2 Å². The topological polar surface area (TPSA) is 65.8 Å². The van der Waals surface area contributed by atoms with E-state index in [4.69, 9.17) is 16.9 Å². The van der Waals surface area contributed by atoms with Gasteiger partial charge in [0.05, 0.1) is 29.6 Å². The Bertz CT molecular complexity index is 1610. The van der Waals surface area contributed by atoms with E-state index in [2.05, 4.69) is 21.5 Å². The fraction of sp³-hybridized carbons (Fsp3) is 0.526. The van der Waals surface area contributed by atoms with E-state index >= 15 is 8.78 Å². The van der Waals surface area contributed by atoms with Crippen molar-refractivity contribution in [2.75, 3.05) is 45.2 Å². The summed E-state index contributed by atoms with van der Waals surface area (Å²) in [6.07, 6.45) is 9.98. The number of hydrogen-bond acceptors (Lipinski definition) is 6. The number of nitrogens with one attached hydrogen (secondary N) is 2. The molecule has 47 heavy (non-hydrogen) atoms. The molecule has 3 aromatic carbocycles. The largest absolute Gasteiger partial charge is 0.345 e. The Morgan fingerprint density at radius 1 is 1.13 bits per heavy atom. The molecule has 3 aliphatic rings. The van der Waals surface area contributed by atoms with E-state index in [-0.39, 0.29) is 35.3 Å². The number of nitrogens with two attached hydrogens (primary N) is 1. The monoisotopic (exact) mass is 651 g/mol. The summed E-state index contributed by atoms with van der Waals surface area (Å²) in [7, 11) is 1.89. The zero-order valence-corrected chi connectivity index (χ0v) is 27.8. The van der Waals surface area contributed by atoms with E-state index in [1.54, 1.807) is 12.1 Å². The lowest BCUT2D eigenvalue weighted by Gasteiger charge is -2.44. The quantitative estimate of drug-likeness (QED) is 0.207. The Balaban J connectivity index is 0.00000164. The summed E-state index contributed by atoms with van der Waals surface area (Å²) < 4.78 is 55.5. The number of hydrogen-bond donors (Lipinski definition) is 3. The number of terminal acetylenes is 1. The van der Waals surface area contributed by atoms with Gasteiger partial charge in [-0.2, -0.15) is 0 Å². The van der Waals surface area contributed by atoms with Crippen molar-refractivity contribution < 1.29 is 17.9 Å². The third-order valence-electron chi connectivity index (χ3n) is 9.76. The zero-order chi connectivity index (χ0) is 33.2. The fourth-order valence-corrected chi connectivity index (χ4v) is 7.75. The normalized spacial score (nSPS) is 20.1. The summed E-state index contributed by atoms with van der Waals surface area (Å²) in [6, 6.07) is 6.43. The van der Waals surface area contributed by atoms with Gasteiger partial charge in [-0.05, 0) is 87.3 Å². The summed E-state index contributed by atoms with van der Waals surface area (Å²) in [5, 5.41) is 7.68. The van der Waals surface area contributed by atoms with Gasteiger partial charge in [0.25, 0.3) is 0 Å². The standard InChI is InChI=1S/C35H42F3N5O.C2H6.CH4/c1-5-9-24-29-32(31(38)28(30(24)37)25-19-21(3)18-22-10-11-26(36)23(6-2)27(22)25)41-34(42(4)33(29)40-15-14-39)44-20-35-12-7-16-43(35)17-8-13-35;1-2;/h2,10-11,18-19,33-34,40-41H,5,7-9,12-17,20,39H2,1,3-4H3;1-2H3;1H4. The lowest BCUT2D eigenvalue weighted by atomic mass is 9.87. The molecule has 2 atom stereocenters. The van der Waals surface area contributed by atoms with Crippen LogP contribution >= 0.6 is 0 Å². The fourth-order valence-electron chi connectivity index (χ4n) is 7.75. The molecule has 0 spiro atoms. The van der Waals surface area contributed by atoms with E-state index in [1.165, 1.54) is 6.07 Å². The van der Waals surface area contributed by atoms with E-state index in [0.29, 0.717) is 54.4 Å². The molecule has 3 aliphatic heterocycles. The second-order valence-corrected chi connectivity index (χ2v) is 12.5. The molecule has 0 amide bonds. The molecule has 2 fully saturated rings. The summed E-state index contributed by atoms with van der Waals surface area (Å²) >= 11 is 0. The maximum atomic E-state index is 17.1. The average molecular weight is 652 g/mol. The van der Waals surface area contributed by atoms with Crippen LogP contribution in [0.1, 0.15) is 88.7 Å². The van der Waals surface area contributed by atoms with Crippen molar-refractivity contribution in [3.05, 3.63) is 64.0 Å². The van der Waals surface area contributed by atoms with E-state index < -0.39 is 30.0 Å². The van der Waals surface area contributed by atoms with Gasteiger partial charge < -0.3 is 15.8 Å². The number of ether oxygens (including phenoxy) is 1. The lowest BCUT2D eigenvalue weighted by Crippen LogP contribution is -2.54. The Hall–Kier alpha value is -3.13. The van der Waals surface area contributed by atoms with Crippen molar-refractivity contribution in [2.24, 2.45) is 5.73 Å². The molecular formula is C38H52F3N5O. The molecule has 9 heteroatoms. The van der Waals surface area contributed by atoms with Crippen LogP contribution in [-0.4, -0.2) is 61.5 Å². The number of halogens is 3. The van der Waals surface area contributed by atoms with Gasteiger partial charge in [0.15, 0.2) is 12.2 Å². The molecular weight excluding hydrogens is 599 g/mol. The average Bonchev–Trinajstić information content (AvgIpc) is 3.63. The minimum Gasteiger partial charge on any atom is -0.345 e. The molecule has 256 valence electrons. The maximum absolute atomic E-state index is 17.1. The van der Waals surface area contributed by atoms with Gasteiger partial charge in [0, 0.05) is 29.6 Å². The molecule has 0 bridgehead atoms. The van der Waals surface area contributed by atoms with Crippen LogP contribution in [0.4, 0.5) is 18.9 Å². The van der Waals surface area contributed by atoms with Gasteiger partial charge in [0.1, 0.15) is 11.6 Å². The Morgan fingerprint density at radius 2 is 1.83 bits per heavy atom. The summed E-state index contributed by atoms with van der Waals surface area (Å²) in [6.45, 7) is 11.3. The molecule has 6 rings (SSSR count). The highest BCUT2D eigenvalue weighted by Crippen LogP contribution is 2.46. The van der Waals surface area contributed by atoms with Crippen molar-refractivity contribution in [1.82, 2.24) is 15.1 Å². The molecule has 0 aromatic heterocycles. The second-order valence-electron chi connectivity index (χ2n) is 12.5. The lowest BCUT2D eigenvalue weighted by molar-refractivity contribution is -0.0892. The van der Waals surface area contributed by atoms with Crippen molar-refractivity contribution in [2.45, 2.75) is 91.7 Å². The number of benzene rings is 3. The summed E-state index contributed by atoms with van der Waals surface area (Å²) in [5.74, 6) is 0.403. The minimum absolute atomic E-state index is 0. The van der Waals surface area contributed by atoms with Gasteiger partial charge in [0.2, 0.25) is 0 Å². The Morgan fingerprint density at radius 3 is 2.47 bits per heavy atom. The molecule has 3 aromatic rings. The minimum atomic E-state index is -0.751. The van der Waals surface area contributed by atoms with Crippen LogP contribution in [0.15, 0.2) is 24.3 Å². The molecule has 0 radical (unpaired) electrons. The van der Waals surface area contributed by atoms with Crippen LogP contribution in [0.3, 0.4) is 0 Å². The highest BCUT2D eigenvalue weighted by Gasteiger charge is 2.46. The number of fused-ring (bicyclic) bond motifs is 3. The Labute approximate surface area is 279 Å². The first-order chi connectivity index (χ1) is 22.2. The van der Waals surface area contributed by atoms with E-state index in [9.17, 15) is 4.39 Å². The van der Waals surface area contributed by atoms with Gasteiger partial charge in [-0.25, -0.2) is 18.1 Å². The highest BCUT2D eigenvalue weighted by atomic mass is 19.1. The SMILES string of the molecule is C.C#Cc1c(F)ccc2cc(C)cc(-c3c(F)c(CCC)c4c(c3F)NC(OCC35CCCN3CCC5)N(C)C4NCCN)c12.CC. The third-order valence-corrected chi connectivity index (χ3v) is 9.76. The number of nitrogens with zero attached hydrogens (tertiary/aromatic N) is 2. The molecule has 4 N–H and O–H groups in total. The van der Waals surface area contributed by atoms with Crippen molar-refractivity contribution in [3.8, 4) is 23.5 Å². The van der Waals surface area contributed by atoms with E-state index in [0.717, 1.165) is 44.3 Å². The van der Waals surface area contributed by atoms with Gasteiger partial charge in [-0.3, -0.25) is 10.2 Å². The molecule has 6 nitrogen and oxygen atoms in total. The first kappa shape index (κ1) is 36.7. The zero-order valence-electron chi connectivity index (χ0n) is 27.8. The highest BCUT2D eigenvalue weighted by molar-refractivity contribution is 6.02. The first-order valence-corrected chi connectivity index (χ1v) is 16.8. The van der Waals surface area contributed by atoms with Crippen molar-refractivity contribution in [1.29, 1.82) is 0 Å². The summed E-state index contributed by atoms with van der Waals surface area (Å²) in [4.78, 5) is 4.47. The van der Waals surface area contributed by atoms with E-state index in [1.807, 2.05) is 45.7 Å². The molecule has 2 saturated heterocycles. The van der Waals surface area contributed by atoms with Crippen LogP contribution in [0.5, 0.6) is 0 Å². The smallest absolute Gasteiger partial charge is 0.188 e. The number of anilines is 1. The first-order valence-electron chi connectivity index (χ1n) is 16.8. The molecule has 0 saturated carbocycles. The van der Waals surface area contributed by atoms with Gasteiger partial charge in [-0.15, -0.1) is 6.42 Å². The van der Waals surface area contributed by atoms with Crippen LogP contribution in [0, 0.1) is 36.7 Å². The molecule has 0 aliphatic carbocycles. The molecule has 2 unspecified atom stereocenters. The maximum Gasteiger partial charge on any atom is 0.188 e. The van der Waals surface area contributed by atoms with Crippen molar-refractivity contribution in [3.63, 3.8) is 0 Å². The predicted octanol–water partition coefficient (Wildman–Crippen LogP) is 7.66. The predicted molar refractivity (Wildman–Crippen MR) is 188 cm³/mol. The molecule has 3 heterocycles. The second kappa shape index (κ2) is 15.4. The van der Waals surface area contributed by atoms with Gasteiger partial charge in [-0.1, -0.05) is 58.7 Å². The van der Waals surface area contributed by atoms with Crippen LogP contribution in [0.25, 0.3) is 21.9 Å². The van der Waals surface area contributed by atoms with Crippen LogP contribution in [0.2, 0.25) is 0 Å². The van der Waals surface area contributed by atoms with Crippen LogP contribution < -0.4 is 16.4 Å². The summed E-state index contributed by atoms with van der Waals surface area (Å²) in [5.41, 5.74) is 7.75. The third kappa shape index (κ3) is 6.51. The van der Waals surface area contributed by atoms with Gasteiger partial charge >= 0.3 is 0 Å². The Kier molecular flexibility index (Phi) is 12.0. The number of rotatable bonds is 9. The van der Waals surface area contributed by atoms with Crippen molar-refractivity contribution >= 4 is 16.5 Å². The number of aryl methyl sites for hydroxylation is 1.